The molecule has 0 radical (unpaired) electrons. The van der Waals surface area contributed by atoms with Crippen LogP contribution in [-0.2, 0) is 10.0 Å². The molecule has 2 N–H and O–H groups in total. The SMILES string of the molecule is COc1ccc(Br)cc1S(=O)(=O)NNc1nc(C)cc(C)n1. The van der Waals surface area contributed by atoms with Gasteiger partial charge in [0.1, 0.15) is 10.6 Å². The van der Waals surface area contributed by atoms with Gasteiger partial charge in [-0.1, -0.05) is 15.9 Å². The van der Waals surface area contributed by atoms with Crippen molar-refractivity contribution >= 4 is 31.9 Å². The lowest BCUT2D eigenvalue weighted by atomic mass is 10.3. The van der Waals surface area contributed by atoms with Gasteiger partial charge >= 0.3 is 0 Å². The Bertz CT molecular complexity index is 776. The van der Waals surface area contributed by atoms with Crippen LogP contribution in [0.15, 0.2) is 33.6 Å². The minimum atomic E-state index is -3.85. The van der Waals surface area contributed by atoms with Crippen molar-refractivity contribution in [2.24, 2.45) is 0 Å². The van der Waals surface area contributed by atoms with E-state index in [1.165, 1.54) is 13.2 Å². The second-order valence-electron chi connectivity index (χ2n) is 4.50. The third kappa shape index (κ3) is 3.93. The van der Waals surface area contributed by atoms with E-state index in [1.807, 2.05) is 0 Å². The van der Waals surface area contributed by atoms with Crippen LogP contribution < -0.4 is 15.0 Å². The highest BCUT2D eigenvalue weighted by Gasteiger charge is 2.20. The molecule has 1 heterocycles. The second-order valence-corrected chi connectivity index (χ2v) is 7.07. The molecular formula is C13H15BrN4O3S. The normalized spacial score (nSPS) is 11.3. The van der Waals surface area contributed by atoms with Gasteiger partial charge in [-0.2, -0.15) is 0 Å². The van der Waals surface area contributed by atoms with E-state index in [2.05, 4.69) is 36.2 Å². The maximum atomic E-state index is 12.4. The van der Waals surface area contributed by atoms with Crippen LogP contribution in [0.4, 0.5) is 5.95 Å². The van der Waals surface area contributed by atoms with E-state index >= 15 is 0 Å². The molecule has 0 bridgehead atoms. The van der Waals surface area contributed by atoms with Crippen LogP contribution >= 0.6 is 15.9 Å². The van der Waals surface area contributed by atoms with Gasteiger partial charge < -0.3 is 4.74 Å². The van der Waals surface area contributed by atoms with Crippen molar-refractivity contribution in [3.8, 4) is 5.75 Å². The smallest absolute Gasteiger partial charge is 0.261 e. The van der Waals surface area contributed by atoms with Gasteiger partial charge in [0, 0.05) is 15.9 Å². The number of halogens is 1. The van der Waals surface area contributed by atoms with Gasteiger partial charge in [0.05, 0.1) is 7.11 Å². The zero-order chi connectivity index (χ0) is 16.3. The molecule has 118 valence electrons. The summed E-state index contributed by atoms with van der Waals surface area (Å²) < 4.78 is 30.5. The molecule has 0 aliphatic heterocycles. The van der Waals surface area contributed by atoms with E-state index < -0.39 is 10.0 Å². The first-order chi connectivity index (χ1) is 10.3. The Kier molecular flexibility index (Phi) is 4.99. The maximum absolute atomic E-state index is 12.4. The Morgan fingerprint density at radius 3 is 2.36 bits per heavy atom. The number of sulfonamides is 1. The van der Waals surface area contributed by atoms with Crippen LogP contribution in [0.25, 0.3) is 0 Å². The molecule has 0 aliphatic rings. The van der Waals surface area contributed by atoms with Crippen LogP contribution in [-0.4, -0.2) is 25.5 Å². The van der Waals surface area contributed by atoms with Crippen LogP contribution in [0.2, 0.25) is 0 Å². The summed E-state index contributed by atoms with van der Waals surface area (Å²) in [6, 6.07) is 6.49. The van der Waals surface area contributed by atoms with Crippen molar-refractivity contribution in [3.05, 3.63) is 40.1 Å². The van der Waals surface area contributed by atoms with Gasteiger partial charge in [-0.3, -0.25) is 5.43 Å². The van der Waals surface area contributed by atoms with E-state index in [0.29, 0.717) is 4.47 Å². The fourth-order valence-corrected chi connectivity index (χ4v) is 3.36. The average molecular weight is 387 g/mol. The number of aromatic nitrogens is 2. The number of hydrogen-bond donors (Lipinski definition) is 2. The summed E-state index contributed by atoms with van der Waals surface area (Å²) >= 11 is 3.24. The molecule has 2 rings (SSSR count). The highest BCUT2D eigenvalue weighted by Crippen LogP contribution is 2.26. The number of anilines is 1. The number of hydrogen-bond acceptors (Lipinski definition) is 6. The molecule has 0 saturated heterocycles. The highest BCUT2D eigenvalue weighted by atomic mass is 79.9. The molecule has 0 atom stereocenters. The summed E-state index contributed by atoms with van der Waals surface area (Å²) in [5.74, 6) is 0.411. The maximum Gasteiger partial charge on any atom is 0.261 e. The number of methoxy groups -OCH3 is 1. The number of nitrogens with one attached hydrogen (secondary N) is 2. The number of ether oxygens (including phenoxy) is 1. The molecule has 0 unspecified atom stereocenters. The van der Waals surface area contributed by atoms with Gasteiger partial charge in [0.25, 0.3) is 10.0 Å². The predicted octanol–water partition coefficient (Wildman–Crippen LogP) is 2.17. The molecule has 1 aromatic carbocycles. The number of benzene rings is 1. The van der Waals surface area contributed by atoms with E-state index in [0.717, 1.165) is 11.4 Å². The molecule has 7 nitrogen and oxygen atoms in total. The van der Waals surface area contributed by atoms with Crippen molar-refractivity contribution in [2.45, 2.75) is 18.7 Å². The minimum absolute atomic E-state index is 0.00116. The van der Waals surface area contributed by atoms with Crippen LogP contribution in [0.5, 0.6) is 5.75 Å². The molecule has 0 aliphatic carbocycles. The second kappa shape index (κ2) is 6.59. The Balaban J connectivity index is 2.26. The highest BCUT2D eigenvalue weighted by molar-refractivity contribution is 9.10. The van der Waals surface area contributed by atoms with Crippen molar-refractivity contribution in [1.82, 2.24) is 14.8 Å². The quantitative estimate of drug-likeness (QED) is 0.764. The first-order valence-electron chi connectivity index (χ1n) is 6.25. The fraction of sp³-hybridized carbons (Fsp3) is 0.231. The van der Waals surface area contributed by atoms with E-state index in [9.17, 15) is 8.42 Å². The van der Waals surface area contributed by atoms with Crippen LogP contribution in [0.3, 0.4) is 0 Å². The van der Waals surface area contributed by atoms with Gasteiger partial charge in [0.15, 0.2) is 0 Å². The van der Waals surface area contributed by atoms with E-state index in [1.54, 1.807) is 32.0 Å². The zero-order valence-corrected chi connectivity index (χ0v) is 14.6. The Labute approximate surface area is 137 Å². The lowest BCUT2D eigenvalue weighted by Gasteiger charge is -2.12. The number of rotatable bonds is 5. The first kappa shape index (κ1) is 16.7. The zero-order valence-electron chi connectivity index (χ0n) is 12.2. The van der Waals surface area contributed by atoms with Gasteiger partial charge in [-0.05, 0) is 38.1 Å². The third-order valence-electron chi connectivity index (χ3n) is 2.69. The molecule has 1 aromatic heterocycles. The summed E-state index contributed by atoms with van der Waals surface area (Å²) in [4.78, 5) is 10.4. The summed E-state index contributed by atoms with van der Waals surface area (Å²) in [6.07, 6.45) is 0. The van der Waals surface area contributed by atoms with Crippen LogP contribution in [0.1, 0.15) is 11.4 Å². The van der Waals surface area contributed by atoms with Gasteiger partial charge in [-0.25, -0.2) is 18.4 Å². The van der Waals surface area contributed by atoms with E-state index in [-0.39, 0.29) is 16.6 Å². The standard InChI is InChI=1S/C13H15BrN4O3S/c1-8-6-9(2)16-13(15-8)17-18-22(19,20)12-7-10(14)4-5-11(12)21-3/h4-7,18H,1-3H3,(H,15,16,17). The predicted molar refractivity (Wildman–Crippen MR) is 86.1 cm³/mol. The Hall–Kier alpha value is -1.71. The first-order valence-corrected chi connectivity index (χ1v) is 8.53. The minimum Gasteiger partial charge on any atom is -0.495 e. The molecular weight excluding hydrogens is 372 g/mol. The summed E-state index contributed by atoms with van der Waals surface area (Å²) in [6.45, 7) is 3.59. The largest absolute Gasteiger partial charge is 0.495 e. The van der Waals surface area contributed by atoms with Crippen molar-refractivity contribution in [2.75, 3.05) is 12.5 Å². The molecule has 0 amide bonds. The van der Waals surface area contributed by atoms with Crippen LogP contribution in [0, 0.1) is 13.8 Å². The average Bonchev–Trinajstić information content (AvgIpc) is 2.44. The van der Waals surface area contributed by atoms with Gasteiger partial charge in [-0.15, -0.1) is 4.83 Å². The topological polar surface area (TPSA) is 93.2 Å². The molecule has 22 heavy (non-hydrogen) atoms. The van der Waals surface area contributed by atoms with Crippen molar-refractivity contribution in [3.63, 3.8) is 0 Å². The molecule has 9 heteroatoms. The number of nitrogens with zero attached hydrogens (tertiary/aromatic N) is 2. The lowest BCUT2D eigenvalue weighted by Crippen LogP contribution is -2.31. The number of aryl methyl sites for hydroxylation is 2. The molecule has 0 fully saturated rings. The Morgan fingerprint density at radius 1 is 1.14 bits per heavy atom. The third-order valence-corrected chi connectivity index (χ3v) is 4.46. The summed E-state index contributed by atoms with van der Waals surface area (Å²) in [7, 11) is -2.44. The fourth-order valence-electron chi connectivity index (χ4n) is 1.81. The summed E-state index contributed by atoms with van der Waals surface area (Å²) in [5.41, 5.74) is 3.97. The molecule has 0 spiro atoms. The number of hydrazine groups is 1. The van der Waals surface area contributed by atoms with Crippen molar-refractivity contribution in [1.29, 1.82) is 0 Å². The molecule has 2 aromatic rings. The lowest BCUT2D eigenvalue weighted by molar-refractivity contribution is 0.402. The summed E-state index contributed by atoms with van der Waals surface area (Å²) in [5, 5.41) is 0. The van der Waals surface area contributed by atoms with E-state index in [4.69, 9.17) is 4.74 Å². The monoisotopic (exact) mass is 386 g/mol. The van der Waals surface area contributed by atoms with Gasteiger partial charge in [0.2, 0.25) is 5.95 Å². The molecule has 0 saturated carbocycles. The van der Waals surface area contributed by atoms with Crippen molar-refractivity contribution < 1.29 is 13.2 Å². The Morgan fingerprint density at radius 2 is 1.77 bits per heavy atom.